The van der Waals surface area contributed by atoms with Gasteiger partial charge in [-0.05, 0) is 19.4 Å². The van der Waals surface area contributed by atoms with Crippen LogP contribution in [0.1, 0.15) is 34.4 Å². The van der Waals surface area contributed by atoms with Crippen molar-refractivity contribution >= 4 is 22.9 Å². The van der Waals surface area contributed by atoms with E-state index in [9.17, 15) is 4.79 Å². The van der Waals surface area contributed by atoms with Gasteiger partial charge in [0.1, 0.15) is 23.0 Å². The fourth-order valence-corrected chi connectivity index (χ4v) is 2.63. The van der Waals surface area contributed by atoms with Crippen LogP contribution in [-0.4, -0.2) is 22.5 Å². The number of nitrogens with one attached hydrogen (secondary N) is 1. The molecule has 0 aliphatic carbocycles. The number of ether oxygens (including phenoxy) is 1. The average Bonchev–Trinajstić information content (AvgIpc) is 2.92. The van der Waals surface area contributed by atoms with Crippen LogP contribution < -0.4 is 11.1 Å². The number of nitrogens with zero attached hydrogens (tertiary/aromatic N) is 2. The topological polar surface area (TPSA) is 103 Å². The summed E-state index contributed by atoms with van der Waals surface area (Å²) in [4.78, 5) is 20.7. The van der Waals surface area contributed by atoms with E-state index in [0.29, 0.717) is 35.8 Å². The Morgan fingerprint density at radius 3 is 2.72 bits per heavy atom. The lowest BCUT2D eigenvalue weighted by Crippen LogP contribution is -2.15. The first-order valence-electron chi connectivity index (χ1n) is 8.07. The first-order chi connectivity index (χ1) is 12.1. The first kappa shape index (κ1) is 16.9. The van der Waals surface area contributed by atoms with E-state index in [1.165, 1.54) is 0 Å². The molecule has 0 saturated carbocycles. The number of anilines is 1. The molecule has 0 unspecified atom stereocenters. The minimum absolute atomic E-state index is 0.210. The third kappa shape index (κ3) is 3.61. The summed E-state index contributed by atoms with van der Waals surface area (Å²) in [5, 5.41) is 3.67. The summed E-state index contributed by atoms with van der Waals surface area (Å²) in [5.41, 5.74) is 7.79. The number of benzene rings is 1. The first-order valence-corrected chi connectivity index (χ1v) is 8.07. The van der Waals surface area contributed by atoms with E-state index in [-0.39, 0.29) is 18.0 Å². The number of hydrogen-bond donors (Lipinski definition) is 2. The van der Waals surface area contributed by atoms with Gasteiger partial charge in [0.25, 0.3) is 0 Å². The highest BCUT2D eigenvalue weighted by atomic mass is 16.5. The van der Waals surface area contributed by atoms with Crippen molar-refractivity contribution in [1.29, 1.82) is 0 Å². The third-order valence-corrected chi connectivity index (χ3v) is 3.74. The average molecular weight is 340 g/mol. The summed E-state index contributed by atoms with van der Waals surface area (Å²) in [7, 11) is 0. The van der Waals surface area contributed by atoms with Crippen LogP contribution in [0.25, 0.3) is 11.1 Å². The molecule has 130 valence electrons. The van der Waals surface area contributed by atoms with Gasteiger partial charge in [-0.3, -0.25) is 0 Å². The quantitative estimate of drug-likeness (QED) is 0.665. The van der Waals surface area contributed by atoms with Gasteiger partial charge in [0.05, 0.1) is 18.5 Å². The molecule has 0 bridgehead atoms. The monoisotopic (exact) mass is 340 g/mol. The van der Waals surface area contributed by atoms with Crippen molar-refractivity contribution in [2.75, 3.05) is 12.3 Å². The molecule has 2 aromatic heterocycles. The van der Waals surface area contributed by atoms with Gasteiger partial charge in [-0.1, -0.05) is 30.3 Å². The molecule has 0 aliphatic heterocycles. The second-order valence-corrected chi connectivity index (χ2v) is 5.55. The molecule has 7 nitrogen and oxygen atoms in total. The summed E-state index contributed by atoms with van der Waals surface area (Å²) in [6.45, 7) is 4.82. The molecule has 25 heavy (non-hydrogen) atoms. The zero-order chi connectivity index (χ0) is 17.8. The number of nitrogen functional groups attached to an aromatic ring is 1. The SMILES string of the molecule is CCOC(=O)c1c(C)oc2nc(CNCc3ccccc3)nc(N)c12. The molecule has 7 heteroatoms. The number of aromatic nitrogens is 2. The summed E-state index contributed by atoms with van der Waals surface area (Å²) in [6.07, 6.45) is 0. The van der Waals surface area contributed by atoms with Crippen LogP contribution in [-0.2, 0) is 17.8 Å². The van der Waals surface area contributed by atoms with Crippen molar-refractivity contribution in [3.8, 4) is 0 Å². The molecule has 2 heterocycles. The normalized spacial score (nSPS) is 11.0. The van der Waals surface area contributed by atoms with Gasteiger partial charge in [-0.15, -0.1) is 0 Å². The van der Waals surface area contributed by atoms with Gasteiger partial charge in [0, 0.05) is 6.54 Å². The second-order valence-electron chi connectivity index (χ2n) is 5.55. The standard InChI is InChI=1S/C18H20N4O3/c1-3-24-18(23)14-11(2)25-17-15(14)16(19)21-13(22-17)10-20-9-12-7-5-4-6-8-12/h4-8,20H,3,9-10H2,1-2H3,(H2,19,21,22). The lowest BCUT2D eigenvalue weighted by atomic mass is 10.2. The predicted molar refractivity (Wildman–Crippen MR) is 93.9 cm³/mol. The van der Waals surface area contributed by atoms with Gasteiger partial charge in [-0.2, -0.15) is 4.98 Å². The van der Waals surface area contributed by atoms with Crippen LogP contribution in [0.3, 0.4) is 0 Å². The Balaban J connectivity index is 1.81. The fourth-order valence-electron chi connectivity index (χ4n) is 2.63. The minimum atomic E-state index is -0.482. The predicted octanol–water partition coefficient (Wildman–Crippen LogP) is 2.58. The van der Waals surface area contributed by atoms with Crippen molar-refractivity contribution in [3.05, 3.63) is 53.0 Å². The maximum atomic E-state index is 12.1. The smallest absolute Gasteiger partial charge is 0.342 e. The molecule has 0 saturated heterocycles. The molecule has 3 rings (SSSR count). The largest absolute Gasteiger partial charge is 0.462 e. The lowest BCUT2D eigenvalue weighted by Gasteiger charge is -2.05. The van der Waals surface area contributed by atoms with Crippen molar-refractivity contribution in [3.63, 3.8) is 0 Å². The number of hydrogen-bond acceptors (Lipinski definition) is 7. The van der Waals surface area contributed by atoms with Gasteiger partial charge in [0.15, 0.2) is 0 Å². The van der Waals surface area contributed by atoms with E-state index in [4.69, 9.17) is 14.9 Å². The molecule has 1 aromatic carbocycles. The van der Waals surface area contributed by atoms with E-state index < -0.39 is 5.97 Å². The maximum Gasteiger partial charge on any atom is 0.342 e. The Morgan fingerprint density at radius 2 is 2.00 bits per heavy atom. The van der Waals surface area contributed by atoms with E-state index in [0.717, 1.165) is 5.56 Å². The highest BCUT2D eigenvalue weighted by molar-refractivity contribution is 6.07. The van der Waals surface area contributed by atoms with Crippen LogP contribution in [0, 0.1) is 6.92 Å². The van der Waals surface area contributed by atoms with Gasteiger partial charge >= 0.3 is 5.97 Å². The summed E-state index contributed by atoms with van der Waals surface area (Å²) in [6, 6.07) is 10.0. The van der Waals surface area contributed by atoms with Crippen molar-refractivity contribution < 1.29 is 13.9 Å². The molecular formula is C18H20N4O3. The number of esters is 1. The zero-order valence-electron chi connectivity index (χ0n) is 14.2. The number of furan rings is 1. The number of rotatable bonds is 6. The van der Waals surface area contributed by atoms with Crippen LogP contribution in [0.5, 0.6) is 0 Å². The fraction of sp³-hybridized carbons (Fsp3) is 0.278. The van der Waals surface area contributed by atoms with Crippen LogP contribution >= 0.6 is 0 Å². The summed E-state index contributed by atoms with van der Waals surface area (Å²) in [5.74, 6) is 0.652. The molecule has 0 spiro atoms. The second kappa shape index (κ2) is 7.31. The van der Waals surface area contributed by atoms with Crippen molar-refractivity contribution in [2.24, 2.45) is 0 Å². The number of carbonyl (C=O) groups excluding carboxylic acids is 1. The van der Waals surface area contributed by atoms with Crippen LogP contribution in [0.4, 0.5) is 5.82 Å². The molecule has 0 fully saturated rings. The van der Waals surface area contributed by atoms with Crippen molar-refractivity contribution in [1.82, 2.24) is 15.3 Å². The maximum absolute atomic E-state index is 12.1. The molecule has 0 amide bonds. The number of carbonyl (C=O) groups is 1. The van der Waals surface area contributed by atoms with E-state index in [2.05, 4.69) is 15.3 Å². The van der Waals surface area contributed by atoms with Gasteiger partial charge in [-0.25, -0.2) is 9.78 Å². The van der Waals surface area contributed by atoms with Crippen LogP contribution in [0.2, 0.25) is 0 Å². The zero-order valence-corrected chi connectivity index (χ0v) is 14.2. The van der Waals surface area contributed by atoms with Gasteiger partial charge < -0.3 is 20.2 Å². The third-order valence-electron chi connectivity index (χ3n) is 3.74. The number of nitrogens with two attached hydrogens (primary N) is 1. The van der Waals surface area contributed by atoms with Crippen molar-refractivity contribution in [2.45, 2.75) is 26.9 Å². The lowest BCUT2D eigenvalue weighted by molar-refractivity contribution is 0.0526. The molecule has 3 N–H and O–H groups in total. The Hall–Kier alpha value is -2.93. The Kier molecular flexibility index (Phi) is 4.95. The molecular weight excluding hydrogens is 320 g/mol. The van der Waals surface area contributed by atoms with Gasteiger partial charge in [0.2, 0.25) is 5.71 Å². The summed E-state index contributed by atoms with van der Waals surface area (Å²) < 4.78 is 10.6. The highest BCUT2D eigenvalue weighted by Gasteiger charge is 2.23. The highest BCUT2D eigenvalue weighted by Crippen LogP contribution is 2.28. The molecule has 0 aliphatic rings. The van der Waals surface area contributed by atoms with E-state index >= 15 is 0 Å². The molecule has 3 aromatic rings. The van der Waals surface area contributed by atoms with Crippen LogP contribution in [0.15, 0.2) is 34.7 Å². The minimum Gasteiger partial charge on any atom is -0.462 e. The molecule has 0 atom stereocenters. The number of aryl methyl sites for hydroxylation is 1. The Bertz CT molecular complexity index is 890. The van der Waals surface area contributed by atoms with E-state index in [1.54, 1.807) is 13.8 Å². The summed E-state index contributed by atoms with van der Waals surface area (Å²) >= 11 is 0. The van der Waals surface area contributed by atoms with E-state index in [1.807, 2.05) is 30.3 Å². The Labute approximate surface area is 145 Å². The Morgan fingerprint density at radius 1 is 1.24 bits per heavy atom. The molecule has 0 radical (unpaired) electrons. The number of fused-ring (bicyclic) bond motifs is 1.